The van der Waals surface area contributed by atoms with Crippen LogP contribution in [-0.2, 0) is 16.0 Å². The summed E-state index contributed by atoms with van der Waals surface area (Å²) < 4.78 is 5.32. The molecule has 1 aliphatic rings. The topological polar surface area (TPSA) is 83.9 Å². The SMILES string of the molecule is COc1ccc(C(C)=O)cc1CC(=O)N1CC(C(=O)O)C(c2ccccc2)C1. The van der Waals surface area contributed by atoms with Gasteiger partial charge in [-0.15, -0.1) is 0 Å². The molecule has 0 radical (unpaired) electrons. The average Bonchev–Trinajstić information content (AvgIpc) is 3.14. The monoisotopic (exact) mass is 381 g/mol. The van der Waals surface area contributed by atoms with Crippen molar-refractivity contribution in [2.45, 2.75) is 19.3 Å². The van der Waals surface area contributed by atoms with E-state index in [2.05, 4.69) is 0 Å². The largest absolute Gasteiger partial charge is 0.496 e. The van der Waals surface area contributed by atoms with E-state index in [-0.39, 0.29) is 30.6 Å². The lowest BCUT2D eigenvalue weighted by Crippen LogP contribution is -2.31. The van der Waals surface area contributed by atoms with Crippen molar-refractivity contribution < 1.29 is 24.2 Å². The van der Waals surface area contributed by atoms with Crippen LogP contribution in [0.4, 0.5) is 0 Å². The summed E-state index contributed by atoms with van der Waals surface area (Å²) in [5, 5.41) is 9.62. The highest BCUT2D eigenvalue weighted by Gasteiger charge is 2.40. The van der Waals surface area contributed by atoms with Crippen LogP contribution in [-0.4, -0.2) is 47.9 Å². The summed E-state index contributed by atoms with van der Waals surface area (Å²) in [5.41, 5.74) is 2.05. The van der Waals surface area contributed by atoms with E-state index in [1.807, 2.05) is 30.3 Å². The number of aliphatic carboxylic acids is 1. The number of carboxylic acids is 1. The highest BCUT2D eigenvalue weighted by Crippen LogP contribution is 2.33. The van der Waals surface area contributed by atoms with Gasteiger partial charge in [0.25, 0.3) is 0 Å². The molecule has 0 saturated carbocycles. The number of carbonyl (C=O) groups is 3. The van der Waals surface area contributed by atoms with E-state index in [1.165, 1.54) is 14.0 Å². The first-order chi connectivity index (χ1) is 13.4. The van der Waals surface area contributed by atoms with Crippen LogP contribution >= 0.6 is 0 Å². The maximum Gasteiger partial charge on any atom is 0.308 e. The molecule has 146 valence electrons. The Balaban J connectivity index is 1.81. The summed E-state index contributed by atoms with van der Waals surface area (Å²) >= 11 is 0. The summed E-state index contributed by atoms with van der Waals surface area (Å²) in [4.78, 5) is 37.9. The van der Waals surface area contributed by atoms with Crippen LogP contribution in [0.25, 0.3) is 0 Å². The number of rotatable bonds is 6. The molecule has 28 heavy (non-hydrogen) atoms. The minimum Gasteiger partial charge on any atom is -0.496 e. The normalized spacial score (nSPS) is 18.7. The van der Waals surface area contributed by atoms with Gasteiger partial charge in [-0.2, -0.15) is 0 Å². The third-order valence-corrected chi connectivity index (χ3v) is 5.25. The Kier molecular flexibility index (Phi) is 5.78. The van der Waals surface area contributed by atoms with Gasteiger partial charge in [0.15, 0.2) is 5.78 Å². The van der Waals surface area contributed by atoms with Gasteiger partial charge in [-0.05, 0) is 30.7 Å². The number of Topliss-reactive ketones (excluding diaryl/α,β-unsaturated/α-hetero) is 1. The average molecular weight is 381 g/mol. The Labute approximate surface area is 163 Å². The standard InChI is InChI=1S/C22H23NO5/c1-14(24)16-8-9-20(28-2)17(10-16)11-21(25)23-12-18(19(13-23)22(26)27)15-6-4-3-5-7-15/h3-10,18-19H,11-13H2,1-2H3,(H,26,27). The van der Waals surface area contributed by atoms with E-state index in [0.29, 0.717) is 23.4 Å². The zero-order chi connectivity index (χ0) is 20.3. The predicted molar refractivity (Wildman–Crippen MR) is 104 cm³/mol. The predicted octanol–water partition coefficient (Wildman–Crippen LogP) is 2.77. The summed E-state index contributed by atoms with van der Waals surface area (Å²) in [5.74, 6) is -1.52. The quantitative estimate of drug-likeness (QED) is 0.778. The lowest BCUT2D eigenvalue weighted by Gasteiger charge is -2.18. The van der Waals surface area contributed by atoms with Crippen LogP contribution < -0.4 is 4.74 Å². The summed E-state index contributed by atoms with van der Waals surface area (Å²) in [6.45, 7) is 1.99. The highest BCUT2D eigenvalue weighted by atomic mass is 16.5. The number of amides is 1. The number of benzene rings is 2. The fourth-order valence-corrected chi connectivity index (χ4v) is 3.71. The van der Waals surface area contributed by atoms with Crippen molar-refractivity contribution in [3.8, 4) is 5.75 Å². The van der Waals surface area contributed by atoms with Gasteiger partial charge in [0.1, 0.15) is 5.75 Å². The molecule has 1 heterocycles. The van der Waals surface area contributed by atoms with E-state index in [1.54, 1.807) is 23.1 Å². The van der Waals surface area contributed by atoms with Gasteiger partial charge in [-0.25, -0.2) is 0 Å². The molecule has 1 N–H and O–H groups in total. The zero-order valence-electron chi connectivity index (χ0n) is 15.9. The maximum absolute atomic E-state index is 12.9. The molecule has 1 aliphatic heterocycles. The van der Waals surface area contributed by atoms with Gasteiger partial charge >= 0.3 is 5.97 Å². The molecular weight excluding hydrogens is 358 g/mol. The van der Waals surface area contributed by atoms with E-state index in [0.717, 1.165) is 5.56 Å². The molecule has 0 aromatic heterocycles. The van der Waals surface area contributed by atoms with Gasteiger partial charge in [-0.1, -0.05) is 30.3 Å². The Morgan fingerprint density at radius 3 is 2.43 bits per heavy atom. The smallest absolute Gasteiger partial charge is 0.308 e. The first kappa shape index (κ1) is 19.6. The molecule has 0 spiro atoms. The van der Waals surface area contributed by atoms with Crippen LogP contribution in [0.15, 0.2) is 48.5 Å². The number of nitrogens with zero attached hydrogens (tertiary/aromatic N) is 1. The number of ether oxygens (including phenoxy) is 1. The molecule has 2 aromatic rings. The van der Waals surface area contributed by atoms with Crippen LogP contribution in [0.1, 0.15) is 34.3 Å². The minimum absolute atomic E-state index is 0.0537. The molecule has 0 aliphatic carbocycles. The van der Waals surface area contributed by atoms with E-state index in [9.17, 15) is 19.5 Å². The van der Waals surface area contributed by atoms with Gasteiger partial charge in [0.2, 0.25) is 5.91 Å². The summed E-state index contributed by atoms with van der Waals surface area (Å²) in [6.07, 6.45) is 0.0537. The highest BCUT2D eigenvalue weighted by molar-refractivity contribution is 5.94. The second-order valence-electron chi connectivity index (χ2n) is 7.02. The van der Waals surface area contributed by atoms with Crippen molar-refractivity contribution >= 4 is 17.7 Å². The van der Waals surface area contributed by atoms with Gasteiger partial charge in [-0.3, -0.25) is 14.4 Å². The van der Waals surface area contributed by atoms with Crippen molar-refractivity contribution in [2.75, 3.05) is 20.2 Å². The molecular formula is C22H23NO5. The van der Waals surface area contributed by atoms with Gasteiger partial charge in [0, 0.05) is 30.1 Å². The fraction of sp³-hybridized carbons (Fsp3) is 0.318. The fourth-order valence-electron chi connectivity index (χ4n) is 3.71. The molecule has 1 fully saturated rings. The van der Waals surface area contributed by atoms with Crippen molar-refractivity contribution in [2.24, 2.45) is 5.92 Å². The van der Waals surface area contributed by atoms with Crippen molar-refractivity contribution in [1.82, 2.24) is 4.90 Å². The zero-order valence-corrected chi connectivity index (χ0v) is 15.9. The van der Waals surface area contributed by atoms with Crippen LogP contribution in [0, 0.1) is 5.92 Å². The number of methoxy groups -OCH3 is 1. The molecule has 1 amide bonds. The van der Waals surface area contributed by atoms with Crippen LogP contribution in [0.5, 0.6) is 5.75 Å². The Morgan fingerprint density at radius 2 is 1.82 bits per heavy atom. The van der Waals surface area contributed by atoms with E-state index >= 15 is 0 Å². The molecule has 6 nitrogen and oxygen atoms in total. The maximum atomic E-state index is 12.9. The summed E-state index contributed by atoms with van der Waals surface area (Å²) in [7, 11) is 1.51. The Morgan fingerprint density at radius 1 is 1.11 bits per heavy atom. The minimum atomic E-state index is -0.902. The molecule has 6 heteroatoms. The first-order valence-electron chi connectivity index (χ1n) is 9.14. The van der Waals surface area contributed by atoms with Crippen LogP contribution in [0.3, 0.4) is 0 Å². The molecule has 2 aromatic carbocycles. The lowest BCUT2D eigenvalue weighted by molar-refractivity contribution is -0.141. The van der Waals surface area contributed by atoms with E-state index in [4.69, 9.17) is 4.74 Å². The van der Waals surface area contributed by atoms with E-state index < -0.39 is 11.9 Å². The molecule has 3 rings (SSSR count). The first-order valence-corrected chi connectivity index (χ1v) is 9.14. The molecule has 0 bridgehead atoms. The number of carboxylic acid groups (broad SMARTS) is 1. The third-order valence-electron chi connectivity index (χ3n) is 5.25. The van der Waals surface area contributed by atoms with Crippen molar-refractivity contribution in [3.63, 3.8) is 0 Å². The van der Waals surface area contributed by atoms with Gasteiger partial charge in [0.05, 0.1) is 19.4 Å². The lowest BCUT2D eigenvalue weighted by atomic mass is 9.89. The number of hydrogen-bond donors (Lipinski definition) is 1. The number of carbonyl (C=O) groups excluding carboxylic acids is 2. The molecule has 1 saturated heterocycles. The number of hydrogen-bond acceptors (Lipinski definition) is 4. The van der Waals surface area contributed by atoms with Crippen LogP contribution in [0.2, 0.25) is 0 Å². The number of likely N-dealkylation sites (tertiary alicyclic amines) is 1. The Bertz CT molecular complexity index is 893. The third kappa shape index (κ3) is 4.06. The second-order valence-corrected chi connectivity index (χ2v) is 7.02. The molecule has 2 unspecified atom stereocenters. The number of ketones is 1. The second kappa shape index (κ2) is 8.25. The Hall–Kier alpha value is -3.15. The summed E-state index contributed by atoms with van der Waals surface area (Å²) in [6, 6.07) is 14.4. The van der Waals surface area contributed by atoms with Crippen molar-refractivity contribution in [1.29, 1.82) is 0 Å². The van der Waals surface area contributed by atoms with Crippen molar-refractivity contribution in [3.05, 3.63) is 65.2 Å². The molecule has 2 atom stereocenters. The van der Waals surface area contributed by atoms with Gasteiger partial charge < -0.3 is 14.7 Å².